The van der Waals surface area contributed by atoms with Crippen molar-refractivity contribution >= 4 is 28.4 Å². The lowest BCUT2D eigenvalue weighted by Gasteiger charge is -2.29. The van der Waals surface area contributed by atoms with Crippen molar-refractivity contribution in [1.82, 2.24) is 24.8 Å². The first-order valence-corrected chi connectivity index (χ1v) is 9.72. The van der Waals surface area contributed by atoms with Crippen molar-refractivity contribution in [3.8, 4) is 0 Å². The van der Waals surface area contributed by atoms with Crippen LogP contribution >= 0.6 is 0 Å². The van der Waals surface area contributed by atoms with Crippen LogP contribution in [-0.2, 0) is 6.54 Å². The normalized spacial score (nSPS) is 15.6. The lowest BCUT2D eigenvalue weighted by molar-refractivity contribution is 0.0951. The highest BCUT2D eigenvalue weighted by Crippen LogP contribution is 2.23. The minimum atomic E-state index is -0.0830. The molecule has 1 aliphatic heterocycles. The molecule has 0 unspecified atom stereocenters. The third-order valence-corrected chi connectivity index (χ3v) is 5.39. The summed E-state index contributed by atoms with van der Waals surface area (Å²) in [5.41, 5.74) is 2.36. The Hall–Kier alpha value is -2.93. The number of amides is 1. The largest absolute Gasteiger partial charge is 0.354 e. The highest BCUT2D eigenvalue weighted by Gasteiger charge is 2.20. The number of hydrogen-bond donors (Lipinski definition) is 2. The first-order valence-electron chi connectivity index (χ1n) is 9.72. The number of benzene rings is 1. The summed E-state index contributed by atoms with van der Waals surface area (Å²) in [7, 11) is 3.82. The van der Waals surface area contributed by atoms with E-state index in [1.807, 2.05) is 36.5 Å². The Morgan fingerprint density at radius 3 is 2.82 bits per heavy atom. The Morgan fingerprint density at radius 2 is 2.04 bits per heavy atom. The van der Waals surface area contributed by atoms with Gasteiger partial charge in [-0.1, -0.05) is 18.2 Å². The summed E-state index contributed by atoms with van der Waals surface area (Å²) in [6.07, 6.45) is 6.10. The van der Waals surface area contributed by atoms with E-state index in [0.717, 1.165) is 49.1 Å². The Labute approximate surface area is 164 Å². The summed E-state index contributed by atoms with van der Waals surface area (Å²) in [5.74, 6) is 1.02. The standard InChI is InChI=1S/C21H26N6O/c1-22-20(28)19-11-17(14-27(19)13-15-7-9-26(2)10-8-15)24-21-23-12-16-5-3-4-6-18(16)25-21/h3-6,11-12,14-15H,7-10,13H2,1-2H3,(H,22,28)(H,23,24,25). The molecule has 0 radical (unpaired) electrons. The number of para-hydroxylation sites is 1. The number of anilines is 2. The van der Waals surface area contributed by atoms with Crippen LogP contribution in [-0.4, -0.2) is 52.5 Å². The van der Waals surface area contributed by atoms with E-state index in [-0.39, 0.29) is 5.91 Å². The third-order valence-electron chi connectivity index (χ3n) is 5.39. The molecule has 1 amide bonds. The zero-order valence-corrected chi connectivity index (χ0v) is 16.4. The van der Waals surface area contributed by atoms with Crippen LogP contribution in [0.2, 0.25) is 0 Å². The Morgan fingerprint density at radius 1 is 1.25 bits per heavy atom. The van der Waals surface area contributed by atoms with E-state index >= 15 is 0 Å². The average molecular weight is 378 g/mol. The second kappa shape index (κ2) is 7.98. The van der Waals surface area contributed by atoms with Gasteiger partial charge < -0.3 is 20.1 Å². The van der Waals surface area contributed by atoms with E-state index in [1.54, 1.807) is 13.2 Å². The molecule has 0 bridgehead atoms. The maximum atomic E-state index is 12.4. The van der Waals surface area contributed by atoms with E-state index in [2.05, 4.69) is 37.1 Å². The summed E-state index contributed by atoms with van der Waals surface area (Å²) in [5, 5.41) is 6.99. The number of carbonyl (C=O) groups excluding carboxylic acids is 1. The minimum Gasteiger partial charge on any atom is -0.354 e. The van der Waals surface area contributed by atoms with Crippen LogP contribution in [0.3, 0.4) is 0 Å². The second-order valence-corrected chi connectivity index (χ2v) is 7.47. The van der Waals surface area contributed by atoms with Crippen molar-refractivity contribution in [2.75, 3.05) is 32.5 Å². The van der Waals surface area contributed by atoms with Gasteiger partial charge in [-0.25, -0.2) is 9.97 Å². The van der Waals surface area contributed by atoms with E-state index in [0.29, 0.717) is 17.6 Å². The monoisotopic (exact) mass is 378 g/mol. The van der Waals surface area contributed by atoms with Gasteiger partial charge in [-0.15, -0.1) is 0 Å². The Kier molecular flexibility index (Phi) is 5.25. The van der Waals surface area contributed by atoms with E-state index in [9.17, 15) is 4.79 Å². The van der Waals surface area contributed by atoms with Gasteiger partial charge in [-0.2, -0.15) is 0 Å². The van der Waals surface area contributed by atoms with Crippen LogP contribution in [0.15, 0.2) is 42.7 Å². The molecule has 1 saturated heterocycles. The molecule has 4 rings (SSSR count). The van der Waals surface area contributed by atoms with Crippen molar-refractivity contribution < 1.29 is 4.79 Å². The van der Waals surface area contributed by atoms with Gasteiger partial charge in [-0.3, -0.25) is 4.79 Å². The highest BCUT2D eigenvalue weighted by atomic mass is 16.1. The number of hydrogen-bond acceptors (Lipinski definition) is 5. The van der Waals surface area contributed by atoms with E-state index in [1.165, 1.54) is 0 Å². The van der Waals surface area contributed by atoms with Gasteiger partial charge >= 0.3 is 0 Å². The number of carbonyl (C=O) groups is 1. The lowest BCUT2D eigenvalue weighted by Crippen LogP contribution is -2.32. The zero-order chi connectivity index (χ0) is 19.5. The molecule has 0 aliphatic carbocycles. The smallest absolute Gasteiger partial charge is 0.267 e. The quantitative estimate of drug-likeness (QED) is 0.714. The molecule has 146 valence electrons. The fraction of sp³-hybridized carbons (Fsp3) is 0.381. The molecular formula is C21H26N6O. The molecule has 3 aromatic rings. The van der Waals surface area contributed by atoms with Gasteiger partial charge in [0.2, 0.25) is 5.95 Å². The highest BCUT2D eigenvalue weighted by molar-refractivity contribution is 5.94. The van der Waals surface area contributed by atoms with Gasteiger partial charge in [0, 0.05) is 31.4 Å². The van der Waals surface area contributed by atoms with Crippen molar-refractivity contribution in [2.45, 2.75) is 19.4 Å². The predicted molar refractivity (Wildman–Crippen MR) is 111 cm³/mol. The van der Waals surface area contributed by atoms with Crippen LogP contribution in [0.4, 0.5) is 11.6 Å². The molecule has 2 N–H and O–H groups in total. The average Bonchev–Trinajstić information content (AvgIpc) is 3.11. The molecule has 1 aliphatic rings. The molecule has 0 spiro atoms. The number of piperidine rings is 1. The number of nitrogens with zero attached hydrogens (tertiary/aromatic N) is 4. The molecular weight excluding hydrogens is 352 g/mol. The van der Waals surface area contributed by atoms with Gasteiger partial charge in [0.25, 0.3) is 5.91 Å². The van der Waals surface area contributed by atoms with Crippen LogP contribution in [0.1, 0.15) is 23.3 Å². The predicted octanol–water partition coefficient (Wildman–Crippen LogP) is 2.88. The van der Waals surface area contributed by atoms with Crippen molar-refractivity contribution in [3.05, 3.63) is 48.4 Å². The summed E-state index contributed by atoms with van der Waals surface area (Å²) < 4.78 is 2.05. The summed E-state index contributed by atoms with van der Waals surface area (Å²) in [6.45, 7) is 3.06. The molecule has 0 atom stereocenters. The molecule has 0 saturated carbocycles. The Bertz CT molecular complexity index is 974. The van der Waals surface area contributed by atoms with Gasteiger partial charge in [0.05, 0.1) is 11.2 Å². The molecule has 7 heteroatoms. The van der Waals surface area contributed by atoms with Crippen LogP contribution in [0.5, 0.6) is 0 Å². The van der Waals surface area contributed by atoms with Crippen molar-refractivity contribution in [1.29, 1.82) is 0 Å². The topological polar surface area (TPSA) is 75.1 Å². The van der Waals surface area contributed by atoms with E-state index in [4.69, 9.17) is 0 Å². The third kappa shape index (κ3) is 3.99. The first-order chi connectivity index (χ1) is 13.6. The summed E-state index contributed by atoms with van der Waals surface area (Å²) in [4.78, 5) is 23.7. The van der Waals surface area contributed by atoms with Gasteiger partial charge in [0.15, 0.2) is 0 Å². The fourth-order valence-electron chi connectivity index (χ4n) is 3.73. The SMILES string of the molecule is CNC(=O)c1cc(Nc2ncc3ccccc3n2)cn1CC1CCN(C)CC1. The second-order valence-electron chi connectivity index (χ2n) is 7.47. The van der Waals surface area contributed by atoms with Crippen LogP contribution in [0, 0.1) is 5.92 Å². The first kappa shape index (κ1) is 18.4. The molecule has 2 aromatic heterocycles. The molecule has 3 heterocycles. The zero-order valence-electron chi connectivity index (χ0n) is 16.4. The lowest BCUT2D eigenvalue weighted by atomic mass is 9.97. The Balaban J connectivity index is 1.56. The summed E-state index contributed by atoms with van der Waals surface area (Å²) >= 11 is 0. The molecule has 28 heavy (non-hydrogen) atoms. The van der Waals surface area contributed by atoms with Crippen molar-refractivity contribution in [3.63, 3.8) is 0 Å². The number of nitrogens with one attached hydrogen (secondary N) is 2. The number of rotatable bonds is 5. The number of fused-ring (bicyclic) bond motifs is 1. The maximum absolute atomic E-state index is 12.4. The van der Waals surface area contributed by atoms with Crippen LogP contribution < -0.4 is 10.6 Å². The summed E-state index contributed by atoms with van der Waals surface area (Å²) in [6, 6.07) is 9.75. The number of aromatic nitrogens is 3. The minimum absolute atomic E-state index is 0.0830. The van der Waals surface area contributed by atoms with Gasteiger partial charge in [0.1, 0.15) is 5.69 Å². The fourth-order valence-corrected chi connectivity index (χ4v) is 3.73. The van der Waals surface area contributed by atoms with Crippen molar-refractivity contribution in [2.24, 2.45) is 5.92 Å². The number of likely N-dealkylation sites (tertiary alicyclic amines) is 1. The molecule has 1 fully saturated rings. The van der Waals surface area contributed by atoms with Crippen LogP contribution in [0.25, 0.3) is 10.9 Å². The maximum Gasteiger partial charge on any atom is 0.267 e. The van der Waals surface area contributed by atoms with Gasteiger partial charge in [-0.05, 0) is 51.0 Å². The molecule has 7 nitrogen and oxygen atoms in total. The molecule has 1 aromatic carbocycles. The van der Waals surface area contributed by atoms with E-state index < -0.39 is 0 Å².